The molecule has 2 aromatic carbocycles. The molecule has 3 heteroatoms. The summed E-state index contributed by atoms with van der Waals surface area (Å²) < 4.78 is 5.74. The lowest BCUT2D eigenvalue weighted by Gasteiger charge is -2.12. The molecule has 1 aliphatic rings. The molecule has 1 N–H and O–H groups in total. The average molecular weight is 304 g/mol. The molecule has 0 bridgehead atoms. The van der Waals surface area contributed by atoms with Crippen molar-refractivity contribution < 1.29 is 14.6 Å². The molecule has 0 aliphatic heterocycles. The van der Waals surface area contributed by atoms with Crippen LogP contribution in [-0.4, -0.2) is 11.1 Å². The van der Waals surface area contributed by atoms with Gasteiger partial charge in [0.1, 0.15) is 17.4 Å². The maximum absolute atomic E-state index is 11.3. The van der Waals surface area contributed by atoms with Crippen LogP contribution in [0.25, 0.3) is 6.08 Å². The Labute approximate surface area is 134 Å². The Balaban J connectivity index is 1.77. The van der Waals surface area contributed by atoms with Gasteiger partial charge < -0.3 is 9.84 Å². The molecule has 0 aromatic heterocycles. The van der Waals surface area contributed by atoms with Crippen molar-refractivity contribution in [1.29, 1.82) is 0 Å². The molecule has 2 aromatic rings. The second-order valence-electron chi connectivity index (χ2n) is 5.19. The first-order chi connectivity index (χ1) is 11.2. The summed E-state index contributed by atoms with van der Waals surface area (Å²) in [6.45, 7) is 0. The summed E-state index contributed by atoms with van der Waals surface area (Å²) in [6.07, 6.45) is 8.99. The van der Waals surface area contributed by atoms with Gasteiger partial charge in [0.15, 0.2) is 0 Å². The molecule has 114 valence electrons. The molecule has 1 unspecified atom stereocenters. The number of aliphatic carboxylic acids is 1. The Morgan fingerprint density at radius 3 is 2.35 bits per heavy atom. The van der Waals surface area contributed by atoms with Crippen LogP contribution in [0.4, 0.5) is 0 Å². The molecule has 0 heterocycles. The topological polar surface area (TPSA) is 46.5 Å². The highest BCUT2D eigenvalue weighted by atomic mass is 16.5. The van der Waals surface area contributed by atoms with Crippen LogP contribution in [-0.2, 0) is 4.79 Å². The molecule has 0 radical (unpaired) electrons. The third-order valence-electron chi connectivity index (χ3n) is 3.52. The van der Waals surface area contributed by atoms with E-state index >= 15 is 0 Å². The molecule has 3 rings (SSSR count). The second kappa shape index (κ2) is 6.79. The molecule has 0 spiro atoms. The van der Waals surface area contributed by atoms with E-state index in [2.05, 4.69) is 0 Å². The fourth-order valence-electron chi connectivity index (χ4n) is 2.37. The van der Waals surface area contributed by atoms with Gasteiger partial charge >= 0.3 is 5.97 Å². The number of ether oxygens (including phenoxy) is 1. The van der Waals surface area contributed by atoms with Crippen LogP contribution in [0.1, 0.15) is 5.56 Å². The summed E-state index contributed by atoms with van der Waals surface area (Å²) in [5, 5.41) is 9.25. The van der Waals surface area contributed by atoms with E-state index in [1.807, 2.05) is 72.8 Å². The van der Waals surface area contributed by atoms with Gasteiger partial charge in [0, 0.05) is 0 Å². The Morgan fingerprint density at radius 2 is 1.65 bits per heavy atom. The van der Waals surface area contributed by atoms with Gasteiger partial charge in [-0.3, -0.25) is 4.79 Å². The van der Waals surface area contributed by atoms with E-state index in [-0.39, 0.29) is 0 Å². The van der Waals surface area contributed by atoms with Crippen molar-refractivity contribution in [2.75, 3.05) is 0 Å². The molecule has 0 amide bonds. The fraction of sp³-hybridized carbons (Fsp3) is 0.0500. The Bertz CT molecular complexity index is 768. The number of hydrogen-bond donors (Lipinski definition) is 1. The molecule has 3 nitrogen and oxygen atoms in total. The van der Waals surface area contributed by atoms with E-state index in [1.54, 1.807) is 12.2 Å². The Morgan fingerprint density at radius 1 is 0.957 bits per heavy atom. The smallest absolute Gasteiger partial charge is 0.314 e. The zero-order valence-electron chi connectivity index (χ0n) is 12.4. The van der Waals surface area contributed by atoms with Crippen LogP contribution in [0, 0.1) is 5.92 Å². The number of carbonyl (C=O) groups is 1. The van der Waals surface area contributed by atoms with Crippen molar-refractivity contribution in [2.45, 2.75) is 0 Å². The first-order valence-electron chi connectivity index (χ1n) is 7.34. The van der Waals surface area contributed by atoms with Gasteiger partial charge in [-0.05, 0) is 35.4 Å². The number of para-hydroxylation sites is 1. The normalized spacial score (nSPS) is 18.1. The van der Waals surface area contributed by atoms with E-state index in [0.717, 1.165) is 22.6 Å². The van der Waals surface area contributed by atoms with Gasteiger partial charge in [0.25, 0.3) is 0 Å². The van der Waals surface area contributed by atoms with Gasteiger partial charge in [0.2, 0.25) is 0 Å². The van der Waals surface area contributed by atoms with Crippen molar-refractivity contribution in [1.82, 2.24) is 0 Å². The van der Waals surface area contributed by atoms with Gasteiger partial charge in [0.05, 0.1) is 0 Å². The number of hydrogen-bond acceptors (Lipinski definition) is 2. The summed E-state index contributed by atoms with van der Waals surface area (Å²) >= 11 is 0. The molecule has 1 atom stereocenters. The first kappa shape index (κ1) is 14.9. The van der Waals surface area contributed by atoms with Crippen LogP contribution in [0.2, 0.25) is 0 Å². The minimum absolute atomic E-state index is 0.597. The summed E-state index contributed by atoms with van der Waals surface area (Å²) in [7, 11) is 0. The third-order valence-corrected chi connectivity index (χ3v) is 3.52. The zero-order chi connectivity index (χ0) is 16.1. The minimum Gasteiger partial charge on any atom is -0.481 e. The van der Waals surface area contributed by atoms with E-state index in [4.69, 9.17) is 4.74 Å². The SMILES string of the molecule is O=C(O)C1C=CC=CC1=Cc1ccc(Oc2ccccc2)cc1. The van der Waals surface area contributed by atoms with Gasteiger partial charge in [-0.15, -0.1) is 0 Å². The van der Waals surface area contributed by atoms with E-state index in [1.165, 1.54) is 0 Å². The highest BCUT2D eigenvalue weighted by Crippen LogP contribution is 2.25. The fourth-order valence-corrected chi connectivity index (χ4v) is 2.37. The largest absolute Gasteiger partial charge is 0.481 e. The van der Waals surface area contributed by atoms with Crippen molar-refractivity contribution in [3.8, 4) is 11.5 Å². The quantitative estimate of drug-likeness (QED) is 0.891. The lowest BCUT2D eigenvalue weighted by Crippen LogP contribution is -2.14. The van der Waals surface area contributed by atoms with Crippen LogP contribution in [0.15, 0.2) is 84.5 Å². The number of rotatable bonds is 4. The molecule has 23 heavy (non-hydrogen) atoms. The number of carboxylic acids is 1. The van der Waals surface area contributed by atoms with Crippen molar-refractivity contribution >= 4 is 12.0 Å². The average Bonchev–Trinajstić information content (AvgIpc) is 2.58. The lowest BCUT2D eigenvalue weighted by atomic mass is 9.93. The van der Waals surface area contributed by atoms with Crippen molar-refractivity contribution in [3.05, 3.63) is 90.0 Å². The second-order valence-corrected chi connectivity index (χ2v) is 5.19. The van der Waals surface area contributed by atoms with Gasteiger partial charge in [-0.25, -0.2) is 0 Å². The molecule has 1 aliphatic carbocycles. The standard InChI is InChI=1S/C20H16O3/c21-20(22)19-9-5-4-6-16(19)14-15-10-12-18(13-11-15)23-17-7-2-1-3-8-17/h1-14,19H,(H,21,22). The Kier molecular flexibility index (Phi) is 4.39. The molecular weight excluding hydrogens is 288 g/mol. The molecule has 0 saturated carbocycles. The van der Waals surface area contributed by atoms with Crippen LogP contribution in [0.5, 0.6) is 11.5 Å². The van der Waals surface area contributed by atoms with Crippen molar-refractivity contribution in [2.24, 2.45) is 5.92 Å². The summed E-state index contributed by atoms with van der Waals surface area (Å²) in [5.41, 5.74) is 1.70. The lowest BCUT2D eigenvalue weighted by molar-refractivity contribution is -0.138. The monoisotopic (exact) mass is 304 g/mol. The van der Waals surface area contributed by atoms with E-state index in [0.29, 0.717) is 0 Å². The molecular formula is C20H16O3. The Hall–Kier alpha value is -3.07. The van der Waals surface area contributed by atoms with Gasteiger partial charge in [-0.2, -0.15) is 0 Å². The van der Waals surface area contributed by atoms with Crippen LogP contribution < -0.4 is 4.74 Å². The summed E-state index contributed by atoms with van der Waals surface area (Å²) in [4.78, 5) is 11.3. The number of carboxylic acid groups (broad SMARTS) is 1. The van der Waals surface area contributed by atoms with Crippen LogP contribution >= 0.6 is 0 Å². The zero-order valence-corrected chi connectivity index (χ0v) is 12.4. The predicted molar refractivity (Wildman–Crippen MR) is 90.3 cm³/mol. The van der Waals surface area contributed by atoms with Gasteiger partial charge in [-0.1, -0.05) is 60.7 Å². The van der Waals surface area contributed by atoms with Crippen LogP contribution in [0.3, 0.4) is 0 Å². The summed E-state index contributed by atoms with van der Waals surface area (Å²) in [6, 6.07) is 17.1. The van der Waals surface area contributed by atoms with E-state index in [9.17, 15) is 9.90 Å². The third kappa shape index (κ3) is 3.77. The maximum atomic E-state index is 11.3. The predicted octanol–water partition coefficient (Wildman–Crippen LogP) is 4.69. The highest BCUT2D eigenvalue weighted by Gasteiger charge is 2.18. The number of benzene rings is 2. The molecule has 0 fully saturated rings. The van der Waals surface area contributed by atoms with Crippen molar-refractivity contribution in [3.63, 3.8) is 0 Å². The maximum Gasteiger partial charge on any atom is 0.314 e. The first-order valence-corrected chi connectivity index (χ1v) is 7.34. The van der Waals surface area contributed by atoms with E-state index < -0.39 is 11.9 Å². The molecule has 0 saturated heterocycles. The summed E-state index contributed by atoms with van der Waals surface area (Å²) in [5.74, 6) is 0.0817. The minimum atomic E-state index is -0.846. The highest BCUT2D eigenvalue weighted by molar-refractivity contribution is 5.80. The number of allylic oxidation sites excluding steroid dienone is 3.